The van der Waals surface area contributed by atoms with Crippen molar-refractivity contribution in [3.8, 4) is 0 Å². The van der Waals surface area contributed by atoms with Crippen LogP contribution in [0, 0.1) is 0 Å². The number of carbonyl (C=O) groups excluding carboxylic acids is 1. The lowest BCUT2D eigenvalue weighted by Crippen LogP contribution is -2.41. The molecule has 0 saturated carbocycles. The molecule has 7 heteroatoms. The first-order valence-electron chi connectivity index (χ1n) is 9.76. The summed E-state index contributed by atoms with van der Waals surface area (Å²) in [5.41, 5.74) is 3.74. The molecule has 0 bridgehead atoms. The minimum atomic E-state index is -0.0912. The summed E-state index contributed by atoms with van der Waals surface area (Å²) in [6.07, 6.45) is 10.6. The summed E-state index contributed by atoms with van der Waals surface area (Å²) in [5.74, 6) is -0.0912. The molecule has 0 radical (unpaired) electrons. The summed E-state index contributed by atoms with van der Waals surface area (Å²) in [5, 5.41) is 7.50. The minimum absolute atomic E-state index is 0.0912. The molecule has 2 aliphatic rings. The molecule has 2 aromatic rings. The maximum Gasteiger partial charge on any atom is 0.256 e. The van der Waals surface area contributed by atoms with Crippen LogP contribution >= 0.6 is 0 Å². The van der Waals surface area contributed by atoms with Gasteiger partial charge in [0, 0.05) is 38.1 Å². The largest absolute Gasteiger partial charge is 0.379 e. The molecule has 3 heterocycles. The molecule has 1 aliphatic carbocycles. The highest BCUT2D eigenvalue weighted by Gasteiger charge is 2.19. The lowest BCUT2D eigenvalue weighted by molar-refractivity contribution is 0.0383. The first-order chi connectivity index (χ1) is 12.8. The van der Waals surface area contributed by atoms with Crippen molar-refractivity contribution in [2.75, 3.05) is 39.4 Å². The molecule has 7 nitrogen and oxygen atoms in total. The zero-order valence-corrected chi connectivity index (χ0v) is 15.2. The zero-order valence-electron chi connectivity index (χ0n) is 15.2. The van der Waals surface area contributed by atoms with Crippen molar-refractivity contribution in [1.29, 1.82) is 0 Å². The molecular formula is C19H27N5O2. The van der Waals surface area contributed by atoms with E-state index in [-0.39, 0.29) is 5.91 Å². The number of ether oxygens (including phenoxy) is 1. The van der Waals surface area contributed by atoms with Gasteiger partial charge in [0.2, 0.25) is 0 Å². The molecule has 4 rings (SSSR count). The van der Waals surface area contributed by atoms with Gasteiger partial charge in [0.1, 0.15) is 5.56 Å². The third kappa shape index (κ3) is 3.73. The number of amides is 1. The minimum Gasteiger partial charge on any atom is -0.379 e. The van der Waals surface area contributed by atoms with Crippen LogP contribution in [0.2, 0.25) is 0 Å². The average molecular weight is 357 g/mol. The maximum atomic E-state index is 12.6. The van der Waals surface area contributed by atoms with Gasteiger partial charge < -0.3 is 10.1 Å². The summed E-state index contributed by atoms with van der Waals surface area (Å²) in [6.45, 7) is 4.88. The van der Waals surface area contributed by atoms with E-state index in [9.17, 15) is 4.79 Å². The second-order valence-corrected chi connectivity index (χ2v) is 7.15. The van der Waals surface area contributed by atoms with Crippen molar-refractivity contribution in [2.45, 2.75) is 38.5 Å². The van der Waals surface area contributed by atoms with Crippen molar-refractivity contribution in [3.63, 3.8) is 0 Å². The molecule has 0 spiro atoms. The van der Waals surface area contributed by atoms with Gasteiger partial charge in [0.15, 0.2) is 5.65 Å². The monoisotopic (exact) mass is 357 g/mol. The van der Waals surface area contributed by atoms with Gasteiger partial charge in [0.05, 0.1) is 19.4 Å². The van der Waals surface area contributed by atoms with E-state index < -0.39 is 0 Å². The van der Waals surface area contributed by atoms with Crippen molar-refractivity contribution < 1.29 is 9.53 Å². The predicted octanol–water partition coefficient (Wildman–Crippen LogP) is 1.45. The number of aryl methyl sites for hydroxylation is 2. The van der Waals surface area contributed by atoms with Crippen LogP contribution in [0.4, 0.5) is 0 Å². The lowest BCUT2D eigenvalue weighted by Gasteiger charge is -2.26. The molecule has 1 aliphatic heterocycles. The fourth-order valence-electron chi connectivity index (χ4n) is 3.86. The Kier molecular flexibility index (Phi) is 5.45. The highest BCUT2D eigenvalue weighted by Crippen LogP contribution is 2.21. The Balaban J connectivity index is 1.46. The average Bonchev–Trinajstić information content (AvgIpc) is 3.07. The molecule has 0 unspecified atom stereocenters. The fraction of sp³-hybridized carbons (Fsp3) is 0.632. The Labute approximate surface area is 153 Å². The summed E-state index contributed by atoms with van der Waals surface area (Å²) in [6, 6.07) is 0. The summed E-state index contributed by atoms with van der Waals surface area (Å²) < 4.78 is 7.23. The topological polar surface area (TPSA) is 71.8 Å². The van der Waals surface area contributed by atoms with Crippen LogP contribution in [0.3, 0.4) is 0 Å². The zero-order chi connectivity index (χ0) is 17.8. The van der Waals surface area contributed by atoms with Crippen LogP contribution in [-0.2, 0) is 17.6 Å². The standard InChI is InChI=1S/C19H27N5O2/c25-19(20-7-8-23-9-11-26-12-10-23)16-14-22-24-17-6-4-2-1-3-5-15(17)13-21-18(16)24/h13-14H,1-12H2,(H,20,25). The third-order valence-corrected chi connectivity index (χ3v) is 5.38. The van der Waals surface area contributed by atoms with E-state index >= 15 is 0 Å². The van der Waals surface area contributed by atoms with E-state index in [0.29, 0.717) is 17.8 Å². The summed E-state index contributed by atoms with van der Waals surface area (Å²) in [4.78, 5) is 19.5. The van der Waals surface area contributed by atoms with Crippen LogP contribution in [0.1, 0.15) is 47.3 Å². The number of nitrogens with one attached hydrogen (secondary N) is 1. The molecule has 1 N–H and O–H groups in total. The van der Waals surface area contributed by atoms with Gasteiger partial charge >= 0.3 is 0 Å². The number of rotatable bonds is 4. The third-order valence-electron chi connectivity index (χ3n) is 5.38. The molecule has 1 saturated heterocycles. The van der Waals surface area contributed by atoms with Gasteiger partial charge in [0.25, 0.3) is 5.91 Å². The lowest BCUT2D eigenvalue weighted by atomic mass is 9.98. The molecular weight excluding hydrogens is 330 g/mol. The summed E-state index contributed by atoms with van der Waals surface area (Å²) in [7, 11) is 0. The van der Waals surface area contributed by atoms with Crippen LogP contribution in [0.5, 0.6) is 0 Å². The molecule has 2 aromatic heterocycles. The van der Waals surface area contributed by atoms with E-state index in [1.54, 1.807) is 6.20 Å². The SMILES string of the molecule is O=C(NCCN1CCOCC1)c1cnn2c3c(cnc12)CCCCCC3. The van der Waals surface area contributed by atoms with E-state index in [1.165, 1.54) is 36.9 Å². The van der Waals surface area contributed by atoms with E-state index in [2.05, 4.69) is 20.3 Å². The first-order valence-corrected chi connectivity index (χ1v) is 9.76. The maximum absolute atomic E-state index is 12.6. The molecule has 1 amide bonds. The van der Waals surface area contributed by atoms with Gasteiger partial charge in [-0.05, 0) is 31.2 Å². The number of carbonyl (C=O) groups is 1. The van der Waals surface area contributed by atoms with E-state index in [4.69, 9.17) is 4.74 Å². The first kappa shape index (κ1) is 17.4. The Hall–Kier alpha value is -1.99. The molecule has 140 valence electrons. The highest BCUT2D eigenvalue weighted by atomic mass is 16.5. The second kappa shape index (κ2) is 8.14. The van der Waals surface area contributed by atoms with Crippen molar-refractivity contribution in [3.05, 3.63) is 29.2 Å². The normalized spacial score (nSPS) is 18.9. The smallest absolute Gasteiger partial charge is 0.256 e. The molecule has 26 heavy (non-hydrogen) atoms. The summed E-state index contributed by atoms with van der Waals surface area (Å²) >= 11 is 0. The van der Waals surface area contributed by atoms with Crippen LogP contribution in [-0.4, -0.2) is 64.8 Å². The molecule has 1 fully saturated rings. The highest BCUT2D eigenvalue weighted by molar-refractivity contribution is 5.99. The van der Waals surface area contributed by atoms with Crippen molar-refractivity contribution in [2.24, 2.45) is 0 Å². The number of hydrogen-bond acceptors (Lipinski definition) is 5. The predicted molar refractivity (Wildman–Crippen MR) is 98.5 cm³/mol. The van der Waals surface area contributed by atoms with E-state index in [1.807, 2.05) is 10.7 Å². The van der Waals surface area contributed by atoms with Crippen molar-refractivity contribution in [1.82, 2.24) is 24.8 Å². The number of aromatic nitrogens is 3. The molecule has 0 aromatic carbocycles. The van der Waals surface area contributed by atoms with E-state index in [0.717, 1.165) is 45.7 Å². The Bertz CT molecular complexity index is 767. The molecule has 0 atom stereocenters. The number of nitrogens with zero attached hydrogens (tertiary/aromatic N) is 4. The number of hydrogen-bond donors (Lipinski definition) is 1. The van der Waals surface area contributed by atoms with Crippen LogP contribution in [0.25, 0.3) is 5.65 Å². The van der Waals surface area contributed by atoms with Crippen molar-refractivity contribution >= 4 is 11.6 Å². The number of fused-ring (bicyclic) bond motifs is 3. The van der Waals surface area contributed by atoms with Gasteiger partial charge in [-0.15, -0.1) is 0 Å². The Morgan fingerprint density at radius 2 is 1.92 bits per heavy atom. The quantitative estimate of drug-likeness (QED) is 0.897. The fourth-order valence-corrected chi connectivity index (χ4v) is 3.86. The van der Waals surface area contributed by atoms with Crippen LogP contribution in [0.15, 0.2) is 12.4 Å². The van der Waals surface area contributed by atoms with Gasteiger partial charge in [-0.1, -0.05) is 12.8 Å². The van der Waals surface area contributed by atoms with Gasteiger partial charge in [-0.3, -0.25) is 9.69 Å². The second-order valence-electron chi connectivity index (χ2n) is 7.15. The van der Waals surface area contributed by atoms with Gasteiger partial charge in [-0.25, -0.2) is 9.50 Å². The number of morpholine rings is 1. The Morgan fingerprint density at radius 1 is 1.12 bits per heavy atom. The van der Waals surface area contributed by atoms with Gasteiger partial charge in [-0.2, -0.15) is 5.10 Å². The Morgan fingerprint density at radius 3 is 2.77 bits per heavy atom. The van der Waals surface area contributed by atoms with Crippen LogP contribution < -0.4 is 5.32 Å².